The van der Waals surface area contributed by atoms with Gasteiger partial charge in [-0.25, -0.2) is 0 Å². The third-order valence-electron chi connectivity index (χ3n) is 4.03. The van der Waals surface area contributed by atoms with Gasteiger partial charge in [-0.2, -0.15) is 0 Å². The van der Waals surface area contributed by atoms with Gasteiger partial charge >= 0.3 is 0 Å². The van der Waals surface area contributed by atoms with E-state index in [2.05, 4.69) is 10.5 Å². The van der Waals surface area contributed by atoms with Crippen molar-refractivity contribution in [1.82, 2.24) is 10.1 Å². The fourth-order valence-electron chi connectivity index (χ4n) is 2.55. The Bertz CT molecular complexity index is 743. The van der Waals surface area contributed by atoms with E-state index >= 15 is 0 Å². The van der Waals surface area contributed by atoms with E-state index in [1.807, 2.05) is 30.3 Å². The molecule has 1 aromatic heterocycles. The summed E-state index contributed by atoms with van der Waals surface area (Å²) < 4.78 is 4.92. The molecule has 0 radical (unpaired) electrons. The van der Waals surface area contributed by atoms with Gasteiger partial charge in [0, 0.05) is 12.6 Å². The zero-order valence-electron chi connectivity index (χ0n) is 13.9. The number of hydrogen-bond acceptors (Lipinski definition) is 4. The second-order valence-corrected chi connectivity index (χ2v) is 6.74. The van der Waals surface area contributed by atoms with Crippen molar-refractivity contribution >= 4 is 29.2 Å². The van der Waals surface area contributed by atoms with Gasteiger partial charge in [0.05, 0.1) is 6.54 Å². The lowest BCUT2D eigenvalue weighted by molar-refractivity contribution is -0.134. The third kappa shape index (κ3) is 4.82. The first-order valence-electron chi connectivity index (χ1n) is 8.24. The smallest absolute Gasteiger partial charge is 0.245 e. The van der Waals surface area contributed by atoms with Gasteiger partial charge in [0.1, 0.15) is 11.1 Å². The number of aromatic nitrogens is 1. The SMILES string of the molecule is Cc1cc(NC(=O)CN(CC2CC2)C(=O)[C@@H](Cl)c2ccccc2)no1. The zero-order chi connectivity index (χ0) is 17.8. The minimum Gasteiger partial charge on any atom is -0.360 e. The van der Waals surface area contributed by atoms with Crippen LogP contribution >= 0.6 is 11.6 Å². The molecule has 1 N–H and O–H groups in total. The van der Waals surface area contributed by atoms with Crippen molar-refractivity contribution in [2.24, 2.45) is 5.92 Å². The van der Waals surface area contributed by atoms with Gasteiger partial charge in [-0.1, -0.05) is 35.5 Å². The number of carbonyl (C=O) groups excluding carboxylic acids is 2. The van der Waals surface area contributed by atoms with Gasteiger partial charge in [-0.05, 0) is 31.2 Å². The van der Waals surface area contributed by atoms with Crippen LogP contribution < -0.4 is 5.32 Å². The van der Waals surface area contributed by atoms with Crippen LogP contribution in [0.15, 0.2) is 40.9 Å². The molecule has 7 heteroatoms. The van der Waals surface area contributed by atoms with Crippen molar-refractivity contribution in [3.63, 3.8) is 0 Å². The molecule has 1 aliphatic carbocycles. The van der Waals surface area contributed by atoms with Gasteiger partial charge in [0.25, 0.3) is 0 Å². The van der Waals surface area contributed by atoms with Crippen LogP contribution in [0.25, 0.3) is 0 Å². The van der Waals surface area contributed by atoms with E-state index in [0.29, 0.717) is 24.0 Å². The van der Waals surface area contributed by atoms with Crippen molar-refractivity contribution in [3.8, 4) is 0 Å². The number of alkyl halides is 1. The summed E-state index contributed by atoms with van der Waals surface area (Å²) >= 11 is 6.35. The number of nitrogens with zero attached hydrogens (tertiary/aromatic N) is 2. The molecule has 1 saturated carbocycles. The highest BCUT2D eigenvalue weighted by molar-refractivity contribution is 6.30. The molecule has 1 heterocycles. The van der Waals surface area contributed by atoms with Gasteiger partial charge in [0.2, 0.25) is 11.8 Å². The Hall–Kier alpha value is -2.34. The molecule has 25 heavy (non-hydrogen) atoms. The van der Waals surface area contributed by atoms with Crippen molar-refractivity contribution in [3.05, 3.63) is 47.7 Å². The highest BCUT2D eigenvalue weighted by atomic mass is 35.5. The van der Waals surface area contributed by atoms with Gasteiger partial charge in [0.15, 0.2) is 5.82 Å². The number of carbonyl (C=O) groups is 2. The Morgan fingerprint density at radius 2 is 2.08 bits per heavy atom. The average Bonchev–Trinajstić information content (AvgIpc) is 3.34. The van der Waals surface area contributed by atoms with Crippen LogP contribution in [-0.4, -0.2) is 35.0 Å². The number of anilines is 1. The van der Waals surface area contributed by atoms with Crippen LogP contribution in [0.1, 0.15) is 29.5 Å². The number of rotatable bonds is 7. The minimum absolute atomic E-state index is 0.0582. The molecule has 1 atom stereocenters. The van der Waals surface area contributed by atoms with Crippen LogP contribution in [0.2, 0.25) is 0 Å². The lowest BCUT2D eigenvalue weighted by Gasteiger charge is -2.24. The van der Waals surface area contributed by atoms with Gasteiger partial charge in [-0.3, -0.25) is 9.59 Å². The summed E-state index contributed by atoms with van der Waals surface area (Å²) in [4.78, 5) is 26.6. The summed E-state index contributed by atoms with van der Waals surface area (Å²) in [6, 6.07) is 10.8. The summed E-state index contributed by atoms with van der Waals surface area (Å²) in [5.74, 6) is 0.814. The molecule has 132 valence electrons. The first kappa shape index (κ1) is 17.5. The van der Waals surface area contributed by atoms with Gasteiger partial charge < -0.3 is 14.7 Å². The molecule has 1 aromatic carbocycles. The maximum Gasteiger partial charge on any atom is 0.245 e. The molecule has 1 fully saturated rings. The van der Waals surface area contributed by atoms with Crippen LogP contribution in [0.4, 0.5) is 5.82 Å². The van der Waals surface area contributed by atoms with Crippen molar-refractivity contribution < 1.29 is 14.1 Å². The number of halogens is 1. The fourth-order valence-corrected chi connectivity index (χ4v) is 2.83. The van der Waals surface area contributed by atoms with E-state index in [-0.39, 0.29) is 18.4 Å². The molecule has 0 saturated heterocycles. The number of hydrogen-bond donors (Lipinski definition) is 1. The Balaban J connectivity index is 1.66. The topological polar surface area (TPSA) is 75.4 Å². The van der Waals surface area contributed by atoms with E-state index in [1.165, 1.54) is 4.90 Å². The molecule has 2 amide bonds. The Morgan fingerprint density at radius 3 is 2.68 bits per heavy atom. The largest absolute Gasteiger partial charge is 0.360 e. The van der Waals surface area contributed by atoms with E-state index in [9.17, 15) is 9.59 Å². The van der Waals surface area contributed by atoms with Crippen molar-refractivity contribution in [1.29, 1.82) is 0 Å². The summed E-state index contributed by atoms with van der Waals surface area (Å²) in [7, 11) is 0. The normalized spacial score (nSPS) is 14.8. The van der Waals surface area contributed by atoms with E-state index in [0.717, 1.165) is 18.4 Å². The summed E-state index contributed by atoms with van der Waals surface area (Å²) in [5, 5.41) is 5.56. The summed E-state index contributed by atoms with van der Waals surface area (Å²) in [6.07, 6.45) is 2.15. The Kier molecular flexibility index (Phi) is 5.38. The lowest BCUT2D eigenvalue weighted by atomic mass is 10.1. The highest BCUT2D eigenvalue weighted by Crippen LogP contribution is 2.31. The van der Waals surface area contributed by atoms with Crippen LogP contribution in [0.3, 0.4) is 0 Å². The monoisotopic (exact) mass is 361 g/mol. The Morgan fingerprint density at radius 1 is 1.36 bits per heavy atom. The molecular formula is C18H20ClN3O3. The van der Waals surface area contributed by atoms with Crippen molar-refractivity contribution in [2.45, 2.75) is 25.1 Å². The van der Waals surface area contributed by atoms with Crippen molar-refractivity contribution in [2.75, 3.05) is 18.4 Å². The average molecular weight is 362 g/mol. The quantitative estimate of drug-likeness (QED) is 0.769. The Labute approximate surface area is 151 Å². The maximum absolute atomic E-state index is 12.8. The molecule has 0 spiro atoms. The number of amides is 2. The standard InChI is InChI=1S/C18H20ClN3O3/c1-12-9-15(21-25-12)20-16(23)11-22(10-13-7-8-13)18(24)17(19)14-5-3-2-4-6-14/h2-6,9,13,17H,7-8,10-11H2,1H3,(H,20,21,23)/t17-/m0/s1. The van der Waals surface area contributed by atoms with E-state index < -0.39 is 5.38 Å². The molecule has 6 nitrogen and oxygen atoms in total. The predicted octanol–water partition coefficient (Wildman–Crippen LogP) is 3.14. The molecule has 3 rings (SSSR count). The molecule has 0 unspecified atom stereocenters. The molecule has 0 bridgehead atoms. The number of aryl methyl sites for hydroxylation is 1. The predicted molar refractivity (Wildman–Crippen MR) is 94.2 cm³/mol. The van der Waals surface area contributed by atoms with Gasteiger partial charge in [-0.15, -0.1) is 11.6 Å². The van der Waals surface area contributed by atoms with Crippen LogP contribution in [0, 0.1) is 12.8 Å². The fraction of sp³-hybridized carbons (Fsp3) is 0.389. The van der Waals surface area contributed by atoms with Crippen LogP contribution in [-0.2, 0) is 9.59 Å². The summed E-state index contributed by atoms with van der Waals surface area (Å²) in [6.45, 7) is 2.22. The molecule has 0 aliphatic heterocycles. The lowest BCUT2D eigenvalue weighted by Crippen LogP contribution is -2.41. The zero-order valence-corrected chi connectivity index (χ0v) is 14.7. The number of nitrogens with one attached hydrogen (secondary N) is 1. The number of benzene rings is 1. The molecular weight excluding hydrogens is 342 g/mol. The minimum atomic E-state index is -0.804. The first-order chi connectivity index (χ1) is 12.0. The first-order valence-corrected chi connectivity index (χ1v) is 8.67. The van der Waals surface area contributed by atoms with E-state index in [1.54, 1.807) is 13.0 Å². The third-order valence-corrected chi connectivity index (χ3v) is 4.46. The highest BCUT2D eigenvalue weighted by Gasteiger charge is 2.31. The molecule has 1 aliphatic rings. The molecule has 2 aromatic rings. The van der Waals surface area contributed by atoms with E-state index in [4.69, 9.17) is 16.1 Å². The maximum atomic E-state index is 12.8. The summed E-state index contributed by atoms with van der Waals surface area (Å²) in [5.41, 5.74) is 0.725. The second-order valence-electron chi connectivity index (χ2n) is 6.31. The second kappa shape index (κ2) is 7.70. The van der Waals surface area contributed by atoms with Crippen LogP contribution in [0.5, 0.6) is 0 Å².